The maximum Gasteiger partial charge on any atom is 0.265 e. The number of thiophene rings is 1. The second-order valence-corrected chi connectivity index (χ2v) is 9.60. The van der Waals surface area contributed by atoms with Crippen molar-refractivity contribution in [1.82, 2.24) is 9.55 Å². The van der Waals surface area contributed by atoms with Crippen molar-refractivity contribution < 1.29 is 14.3 Å². The molecule has 1 amide bonds. The molecule has 0 saturated heterocycles. The van der Waals surface area contributed by atoms with Gasteiger partial charge in [-0.15, -0.1) is 11.3 Å². The predicted octanol–water partition coefficient (Wildman–Crippen LogP) is 4.76. The third-order valence-corrected chi connectivity index (χ3v) is 7.25. The number of ketones is 1. The first kappa shape index (κ1) is 23.0. The van der Waals surface area contributed by atoms with E-state index in [1.54, 1.807) is 23.1 Å². The van der Waals surface area contributed by atoms with Crippen molar-refractivity contribution >= 4 is 38.9 Å². The molecule has 0 spiro atoms. The summed E-state index contributed by atoms with van der Waals surface area (Å²) in [5, 5.41) is 2.46. The average Bonchev–Trinajstić information content (AvgIpc) is 3.29. The number of fused-ring (bicyclic) bond motifs is 2. The molecule has 2 aromatic heterocycles. The number of hydrogen-bond acceptors (Lipinski definition) is 6. The predicted molar refractivity (Wildman–Crippen MR) is 138 cm³/mol. The molecule has 8 heteroatoms. The van der Waals surface area contributed by atoms with E-state index < -0.39 is 0 Å². The van der Waals surface area contributed by atoms with Gasteiger partial charge < -0.3 is 9.64 Å². The number of nitrogens with zero attached hydrogens (tertiary/aromatic N) is 3. The number of hydrogen-bond donors (Lipinski definition) is 0. The summed E-state index contributed by atoms with van der Waals surface area (Å²) in [5.41, 5.74) is 4.86. The van der Waals surface area contributed by atoms with Crippen LogP contribution in [-0.4, -0.2) is 34.4 Å². The summed E-state index contributed by atoms with van der Waals surface area (Å²) in [6, 6.07) is 11.2. The van der Waals surface area contributed by atoms with E-state index in [1.807, 2.05) is 31.4 Å². The zero-order valence-electron chi connectivity index (χ0n) is 19.8. The molecule has 0 saturated carbocycles. The van der Waals surface area contributed by atoms with Gasteiger partial charge in [0.05, 0.1) is 23.9 Å². The fourth-order valence-corrected chi connectivity index (χ4v) is 5.20. The second-order valence-electron chi connectivity index (χ2n) is 8.75. The van der Waals surface area contributed by atoms with Crippen LogP contribution in [0.15, 0.2) is 52.9 Å². The van der Waals surface area contributed by atoms with Crippen molar-refractivity contribution in [3.8, 4) is 16.9 Å². The first-order valence-electron chi connectivity index (χ1n) is 11.5. The van der Waals surface area contributed by atoms with Crippen molar-refractivity contribution in [3.63, 3.8) is 0 Å². The van der Waals surface area contributed by atoms with Gasteiger partial charge in [0.15, 0.2) is 12.4 Å². The minimum atomic E-state index is -0.248. The van der Waals surface area contributed by atoms with Gasteiger partial charge in [-0.3, -0.25) is 19.0 Å². The smallest absolute Gasteiger partial charge is 0.265 e. The van der Waals surface area contributed by atoms with Crippen LogP contribution in [0.1, 0.15) is 34.8 Å². The Balaban J connectivity index is 1.49. The molecule has 1 aliphatic rings. The molecular weight excluding hydrogens is 462 g/mol. The van der Waals surface area contributed by atoms with Crippen molar-refractivity contribution in [2.24, 2.45) is 0 Å². The molecule has 5 rings (SSSR count). The molecule has 0 bridgehead atoms. The van der Waals surface area contributed by atoms with Gasteiger partial charge in [-0.25, -0.2) is 4.98 Å². The van der Waals surface area contributed by atoms with Gasteiger partial charge in [-0.05, 0) is 55.2 Å². The quantitative estimate of drug-likeness (QED) is 0.366. The number of aromatic nitrogens is 2. The Labute approximate surface area is 206 Å². The Morgan fingerprint density at radius 2 is 1.94 bits per heavy atom. The molecule has 0 atom stereocenters. The van der Waals surface area contributed by atoms with Crippen LogP contribution in [-0.2, 0) is 11.3 Å². The van der Waals surface area contributed by atoms with Gasteiger partial charge in [0, 0.05) is 23.1 Å². The number of carbonyl (C=O) groups excluding carboxylic acids is 2. The molecule has 0 aliphatic carbocycles. The fourth-order valence-electron chi connectivity index (χ4n) is 4.29. The number of ether oxygens (including phenoxy) is 1. The van der Waals surface area contributed by atoms with Crippen molar-refractivity contribution in [3.05, 3.63) is 75.1 Å². The van der Waals surface area contributed by atoms with Crippen molar-refractivity contribution in [1.29, 1.82) is 0 Å². The van der Waals surface area contributed by atoms with E-state index in [-0.39, 0.29) is 30.4 Å². The Morgan fingerprint density at radius 3 is 2.71 bits per heavy atom. The lowest BCUT2D eigenvalue weighted by atomic mass is 10.0. The van der Waals surface area contributed by atoms with Gasteiger partial charge >= 0.3 is 0 Å². The number of aryl methyl sites for hydroxylation is 2. The zero-order valence-corrected chi connectivity index (χ0v) is 20.6. The molecule has 0 unspecified atom stereocenters. The van der Waals surface area contributed by atoms with Crippen molar-refractivity contribution in [2.75, 3.05) is 18.1 Å². The van der Waals surface area contributed by atoms with Gasteiger partial charge in [0.25, 0.3) is 11.5 Å². The topological polar surface area (TPSA) is 81.5 Å². The number of Topliss-reactive ketones (excluding diaryl/α,β-unsaturated/α-hetero) is 1. The number of rotatable bonds is 6. The highest BCUT2D eigenvalue weighted by atomic mass is 32.1. The van der Waals surface area contributed by atoms with E-state index in [2.05, 4.69) is 18.0 Å². The maximum absolute atomic E-state index is 13.4. The van der Waals surface area contributed by atoms with E-state index in [9.17, 15) is 14.4 Å². The third kappa shape index (κ3) is 4.14. The van der Waals surface area contributed by atoms with Gasteiger partial charge in [-0.2, -0.15) is 0 Å². The van der Waals surface area contributed by atoms with Crippen LogP contribution in [0.25, 0.3) is 21.3 Å². The minimum absolute atomic E-state index is 0.00908. The summed E-state index contributed by atoms with van der Waals surface area (Å²) in [5.74, 6) is 0.200. The first-order chi connectivity index (χ1) is 16.9. The summed E-state index contributed by atoms with van der Waals surface area (Å²) >= 11 is 1.42. The molecule has 0 radical (unpaired) electrons. The third-order valence-electron chi connectivity index (χ3n) is 6.36. The molecule has 3 heterocycles. The van der Waals surface area contributed by atoms with E-state index in [0.29, 0.717) is 33.8 Å². The standard InChI is InChI=1S/C27H25N3O4S/c1-4-9-30-21-11-19(7-8-23(21)34-13-24(30)32)22(31)12-29-15-28-26-25(27(29)33)20(14-35-26)18-6-5-16(2)17(3)10-18/h5-8,10-11,14-15H,4,9,12-13H2,1-3H3. The number of anilines is 1. The monoisotopic (exact) mass is 487 g/mol. The number of benzene rings is 2. The van der Waals surface area contributed by atoms with E-state index in [0.717, 1.165) is 23.1 Å². The lowest BCUT2D eigenvalue weighted by Crippen LogP contribution is -2.39. The van der Waals surface area contributed by atoms with Crippen LogP contribution in [0.2, 0.25) is 0 Å². The van der Waals surface area contributed by atoms with Gasteiger partial charge in [0.1, 0.15) is 10.6 Å². The molecular formula is C27H25N3O4S. The highest BCUT2D eigenvalue weighted by Gasteiger charge is 2.26. The summed E-state index contributed by atoms with van der Waals surface area (Å²) < 4.78 is 6.88. The van der Waals surface area contributed by atoms with Crippen molar-refractivity contribution in [2.45, 2.75) is 33.7 Å². The lowest BCUT2D eigenvalue weighted by molar-refractivity contribution is -0.121. The Bertz CT molecular complexity index is 1540. The first-order valence-corrected chi connectivity index (χ1v) is 12.4. The van der Waals surface area contributed by atoms with Crippen LogP contribution in [0.5, 0.6) is 5.75 Å². The van der Waals surface area contributed by atoms with E-state index >= 15 is 0 Å². The molecule has 1 aliphatic heterocycles. The molecule has 0 N–H and O–H groups in total. The second kappa shape index (κ2) is 9.11. The minimum Gasteiger partial charge on any atom is -0.482 e. The molecule has 0 fully saturated rings. The molecule has 7 nitrogen and oxygen atoms in total. The summed E-state index contributed by atoms with van der Waals surface area (Å²) in [4.78, 5) is 45.7. The summed E-state index contributed by atoms with van der Waals surface area (Å²) in [7, 11) is 0. The lowest BCUT2D eigenvalue weighted by Gasteiger charge is -2.29. The summed E-state index contributed by atoms with van der Waals surface area (Å²) in [6.45, 7) is 6.47. The van der Waals surface area contributed by atoms with Gasteiger partial charge in [0.2, 0.25) is 0 Å². The fraction of sp³-hybridized carbons (Fsp3) is 0.259. The largest absolute Gasteiger partial charge is 0.482 e. The average molecular weight is 488 g/mol. The van der Waals surface area contributed by atoms with Gasteiger partial charge in [-0.1, -0.05) is 25.1 Å². The highest BCUT2D eigenvalue weighted by molar-refractivity contribution is 7.17. The zero-order chi connectivity index (χ0) is 24.7. The van der Waals surface area contributed by atoms with Crippen LogP contribution in [0.4, 0.5) is 5.69 Å². The normalized spacial score (nSPS) is 13.1. The van der Waals surface area contributed by atoms with E-state index in [1.165, 1.54) is 27.8 Å². The van der Waals surface area contributed by atoms with E-state index in [4.69, 9.17) is 4.74 Å². The Kier molecular flexibility index (Phi) is 5.98. The Morgan fingerprint density at radius 1 is 1.11 bits per heavy atom. The van der Waals surface area contributed by atoms with Crippen LogP contribution >= 0.6 is 11.3 Å². The van der Waals surface area contributed by atoms with Crippen LogP contribution < -0.4 is 15.2 Å². The number of carbonyl (C=O) groups is 2. The maximum atomic E-state index is 13.4. The molecule has 2 aromatic carbocycles. The molecule has 4 aromatic rings. The molecule has 178 valence electrons. The SMILES string of the molecule is CCCN1C(=O)COc2ccc(C(=O)Cn3cnc4scc(-c5ccc(C)c(C)c5)c4c3=O)cc21. The molecule has 35 heavy (non-hydrogen) atoms. The number of amides is 1. The summed E-state index contributed by atoms with van der Waals surface area (Å²) in [6.07, 6.45) is 2.21. The Hall–Kier alpha value is -3.78. The van der Waals surface area contributed by atoms with Crippen LogP contribution in [0, 0.1) is 13.8 Å². The highest BCUT2D eigenvalue weighted by Crippen LogP contribution is 2.34. The van der Waals surface area contributed by atoms with Crippen LogP contribution in [0.3, 0.4) is 0 Å².